The van der Waals surface area contributed by atoms with Gasteiger partial charge >= 0.3 is 0 Å². The summed E-state index contributed by atoms with van der Waals surface area (Å²) in [5.74, 6) is -0.533. The van der Waals surface area contributed by atoms with E-state index < -0.39 is 11.4 Å². The van der Waals surface area contributed by atoms with Crippen molar-refractivity contribution in [3.63, 3.8) is 0 Å². The Hall–Kier alpha value is -2.12. The average molecular weight is 263 g/mol. The van der Waals surface area contributed by atoms with Crippen molar-refractivity contribution in [2.75, 3.05) is 0 Å². The first-order valence-corrected chi connectivity index (χ1v) is 5.51. The van der Waals surface area contributed by atoms with Crippen LogP contribution in [0.5, 0.6) is 0 Å². The third-order valence-electron chi connectivity index (χ3n) is 2.55. The first kappa shape index (κ1) is 12.3. The molecule has 0 saturated heterocycles. The zero-order valence-electron chi connectivity index (χ0n) is 9.45. The number of nitrogens with zero attached hydrogens (tertiary/aromatic N) is 2. The van der Waals surface area contributed by atoms with E-state index in [0.29, 0.717) is 5.69 Å². The van der Waals surface area contributed by atoms with Crippen molar-refractivity contribution in [2.45, 2.75) is 6.92 Å². The lowest BCUT2D eigenvalue weighted by Gasteiger charge is -2.11. The van der Waals surface area contributed by atoms with Gasteiger partial charge in [0, 0.05) is 5.69 Å². The lowest BCUT2D eigenvalue weighted by atomic mass is 10.2. The summed E-state index contributed by atoms with van der Waals surface area (Å²) >= 11 is 5.80. The Balaban J connectivity index is 2.86. The van der Waals surface area contributed by atoms with Crippen LogP contribution in [0.2, 0.25) is 5.02 Å². The summed E-state index contributed by atoms with van der Waals surface area (Å²) in [7, 11) is 0. The van der Waals surface area contributed by atoms with Gasteiger partial charge in [-0.15, -0.1) is 0 Å². The molecule has 0 atom stereocenters. The second-order valence-electron chi connectivity index (χ2n) is 3.71. The number of hydrogen-bond donors (Lipinski definition) is 0. The normalized spacial score (nSPS) is 10.1. The molecule has 0 aliphatic rings. The van der Waals surface area contributed by atoms with Gasteiger partial charge in [-0.2, -0.15) is 5.26 Å². The van der Waals surface area contributed by atoms with Gasteiger partial charge in [-0.05, 0) is 25.1 Å². The van der Waals surface area contributed by atoms with Gasteiger partial charge in [0.2, 0.25) is 0 Å². The Morgan fingerprint density at radius 3 is 2.67 bits per heavy atom. The van der Waals surface area contributed by atoms with Crippen LogP contribution in [0.3, 0.4) is 0 Å². The van der Waals surface area contributed by atoms with Crippen LogP contribution in [-0.4, -0.2) is 4.57 Å². The molecular formula is C13H8ClFN2O. The molecule has 0 aliphatic heterocycles. The van der Waals surface area contributed by atoms with E-state index >= 15 is 0 Å². The van der Waals surface area contributed by atoms with Gasteiger partial charge in [-0.1, -0.05) is 23.7 Å². The Bertz CT molecular complexity index is 716. The monoisotopic (exact) mass is 262 g/mol. The van der Waals surface area contributed by atoms with Crippen LogP contribution < -0.4 is 5.56 Å². The first-order valence-electron chi connectivity index (χ1n) is 5.13. The smallest absolute Gasteiger partial charge is 0.274 e. The molecule has 1 aromatic heterocycles. The SMILES string of the molecule is Cc1cc(Cl)c(C#N)c(=O)n1-c1ccccc1F. The maximum Gasteiger partial charge on any atom is 0.274 e. The number of pyridine rings is 1. The predicted molar refractivity (Wildman–Crippen MR) is 66.5 cm³/mol. The van der Waals surface area contributed by atoms with Gasteiger partial charge in [0.05, 0.1) is 10.7 Å². The topological polar surface area (TPSA) is 45.8 Å². The molecule has 2 rings (SSSR count). The summed E-state index contributed by atoms with van der Waals surface area (Å²) < 4.78 is 14.8. The van der Waals surface area contributed by atoms with E-state index in [1.807, 2.05) is 0 Å². The lowest BCUT2D eigenvalue weighted by molar-refractivity contribution is 0.614. The van der Waals surface area contributed by atoms with E-state index in [4.69, 9.17) is 16.9 Å². The summed E-state index contributed by atoms with van der Waals surface area (Å²) in [6.45, 7) is 1.63. The molecule has 0 amide bonds. The van der Waals surface area contributed by atoms with Crippen molar-refractivity contribution < 1.29 is 4.39 Å². The van der Waals surface area contributed by atoms with Crippen LogP contribution in [0.4, 0.5) is 4.39 Å². The number of halogens is 2. The Labute approximate surface area is 108 Å². The molecule has 3 nitrogen and oxygen atoms in total. The van der Waals surface area contributed by atoms with Crippen molar-refractivity contribution in [1.82, 2.24) is 4.57 Å². The summed E-state index contributed by atoms with van der Waals surface area (Å²) in [4.78, 5) is 12.1. The van der Waals surface area contributed by atoms with E-state index in [1.54, 1.807) is 19.1 Å². The molecular weight excluding hydrogens is 255 g/mol. The predicted octanol–water partition coefficient (Wildman–Crippen LogP) is 2.81. The fraction of sp³-hybridized carbons (Fsp3) is 0.0769. The number of rotatable bonds is 1. The largest absolute Gasteiger partial charge is 0.277 e. The van der Waals surface area contributed by atoms with Gasteiger partial charge in [-0.25, -0.2) is 4.39 Å². The second kappa shape index (κ2) is 4.63. The quantitative estimate of drug-likeness (QED) is 0.793. The minimum Gasteiger partial charge on any atom is -0.277 e. The highest BCUT2D eigenvalue weighted by molar-refractivity contribution is 6.31. The molecule has 0 bridgehead atoms. The first-order chi connectivity index (χ1) is 8.56. The third kappa shape index (κ3) is 1.89. The Morgan fingerprint density at radius 2 is 2.06 bits per heavy atom. The fourth-order valence-electron chi connectivity index (χ4n) is 1.73. The van der Waals surface area contributed by atoms with Crippen LogP contribution in [0, 0.1) is 24.1 Å². The van der Waals surface area contributed by atoms with Gasteiger partial charge in [0.25, 0.3) is 5.56 Å². The van der Waals surface area contributed by atoms with Gasteiger partial charge in [-0.3, -0.25) is 9.36 Å². The molecule has 0 unspecified atom stereocenters. The molecule has 1 aromatic carbocycles. The molecule has 5 heteroatoms. The molecule has 0 spiro atoms. The molecule has 2 aromatic rings. The van der Waals surface area contributed by atoms with Crippen LogP contribution >= 0.6 is 11.6 Å². The third-order valence-corrected chi connectivity index (χ3v) is 2.85. The molecule has 0 aliphatic carbocycles. The molecule has 0 fully saturated rings. The van der Waals surface area contributed by atoms with Crippen LogP contribution in [0.25, 0.3) is 5.69 Å². The fourth-order valence-corrected chi connectivity index (χ4v) is 2.01. The Kier molecular flexibility index (Phi) is 3.17. The summed E-state index contributed by atoms with van der Waals surface area (Å²) in [6.07, 6.45) is 0. The van der Waals surface area contributed by atoms with Crippen molar-refractivity contribution >= 4 is 11.6 Å². The number of aryl methyl sites for hydroxylation is 1. The zero-order chi connectivity index (χ0) is 13.3. The minimum atomic E-state index is -0.618. The number of para-hydroxylation sites is 1. The highest BCUT2D eigenvalue weighted by Gasteiger charge is 2.14. The number of aromatic nitrogens is 1. The number of benzene rings is 1. The molecule has 0 N–H and O–H groups in total. The van der Waals surface area contributed by atoms with Crippen LogP contribution in [-0.2, 0) is 0 Å². The maximum absolute atomic E-state index is 13.7. The van der Waals surface area contributed by atoms with Gasteiger partial charge in [0.1, 0.15) is 17.4 Å². The lowest BCUT2D eigenvalue weighted by Crippen LogP contribution is -2.24. The van der Waals surface area contributed by atoms with Crippen molar-refractivity contribution in [2.24, 2.45) is 0 Å². The molecule has 90 valence electrons. The van der Waals surface area contributed by atoms with Crippen molar-refractivity contribution in [3.05, 3.63) is 62.8 Å². The zero-order valence-corrected chi connectivity index (χ0v) is 10.2. The average Bonchev–Trinajstić information content (AvgIpc) is 2.31. The second-order valence-corrected chi connectivity index (χ2v) is 4.12. The number of hydrogen-bond acceptors (Lipinski definition) is 2. The molecule has 0 saturated carbocycles. The molecule has 1 heterocycles. The van der Waals surface area contributed by atoms with Crippen molar-refractivity contribution in [3.8, 4) is 11.8 Å². The van der Waals surface area contributed by atoms with Gasteiger partial charge in [0.15, 0.2) is 0 Å². The summed E-state index contributed by atoms with van der Waals surface area (Å²) in [6, 6.07) is 9.07. The maximum atomic E-state index is 13.7. The van der Waals surface area contributed by atoms with Crippen LogP contribution in [0.15, 0.2) is 35.1 Å². The summed E-state index contributed by atoms with van der Waals surface area (Å²) in [5, 5.41) is 8.97. The highest BCUT2D eigenvalue weighted by Crippen LogP contribution is 2.18. The highest BCUT2D eigenvalue weighted by atomic mass is 35.5. The van der Waals surface area contributed by atoms with Crippen molar-refractivity contribution in [1.29, 1.82) is 5.26 Å². The van der Waals surface area contributed by atoms with E-state index in [0.717, 1.165) is 4.57 Å². The van der Waals surface area contributed by atoms with E-state index in [1.165, 1.54) is 24.3 Å². The standard InChI is InChI=1S/C13H8ClFN2O/c1-8-6-10(14)9(7-16)13(18)17(8)12-5-3-2-4-11(12)15/h2-6H,1H3. The van der Waals surface area contributed by atoms with E-state index in [-0.39, 0.29) is 16.3 Å². The molecule has 18 heavy (non-hydrogen) atoms. The van der Waals surface area contributed by atoms with Gasteiger partial charge < -0.3 is 0 Å². The number of nitriles is 1. The van der Waals surface area contributed by atoms with Crippen LogP contribution in [0.1, 0.15) is 11.3 Å². The minimum absolute atomic E-state index is 0.0765. The summed E-state index contributed by atoms with van der Waals surface area (Å²) in [5.41, 5.74) is -0.236. The Morgan fingerprint density at radius 1 is 1.39 bits per heavy atom. The van der Waals surface area contributed by atoms with E-state index in [2.05, 4.69) is 0 Å². The van der Waals surface area contributed by atoms with E-state index in [9.17, 15) is 9.18 Å². The molecule has 0 radical (unpaired) electrons.